The average Bonchev–Trinajstić information content (AvgIpc) is 2.66. The Hall–Kier alpha value is -1.36. The number of carbonyl (C=O) groups excluding carboxylic acids is 2. The van der Waals surface area contributed by atoms with Crippen molar-refractivity contribution in [1.82, 2.24) is 5.32 Å². The molecular formula is C10H16N2O3. The van der Waals surface area contributed by atoms with E-state index in [1.165, 1.54) is 0 Å². The Balaban J connectivity index is 2.18. The van der Waals surface area contributed by atoms with E-state index in [2.05, 4.69) is 11.4 Å². The number of nitrogens with two attached hydrogens (primary N) is 1. The van der Waals surface area contributed by atoms with Crippen LogP contribution in [-0.2, 0) is 9.59 Å². The van der Waals surface area contributed by atoms with Crippen LogP contribution in [0, 0.1) is 5.92 Å². The van der Waals surface area contributed by atoms with Gasteiger partial charge in [-0.15, -0.1) is 0 Å². The van der Waals surface area contributed by atoms with Gasteiger partial charge in [-0.05, 0) is 18.8 Å². The van der Waals surface area contributed by atoms with Crippen molar-refractivity contribution in [1.29, 1.82) is 0 Å². The van der Waals surface area contributed by atoms with E-state index in [9.17, 15) is 9.59 Å². The number of aliphatic hydroxyl groups excluding tert-OH is 1. The van der Waals surface area contributed by atoms with Crippen LogP contribution in [0.5, 0.6) is 0 Å². The number of rotatable bonds is 5. The van der Waals surface area contributed by atoms with Crippen LogP contribution in [0.15, 0.2) is 12.2 Å². The van der Waals surface area contributed by atoms with Gasteiger partial charge < -0.3 is 16.2 Å². The highest BCUT2D eigenvalue weighted by molar-refractivity contribution is 5.81. The monoisotopic (exact) mass is 212 g/mol. The van der Waals surface area contributed by atoms with Gasteiger partial charge in [0, 0.05) is 6.42 Å². The fourth-order valence-corrected chi connectivity index (χ4v) is 1.49. The van der Waals surface area contributed by atoms with Crippen molar-refractivity contribution < 1.29 is 14.7 Å². The molecule has 2 unspecified atom stereocenters. The van der Waals surface area contributed by atoms with Crippen molar-refractivity contribution in [3.05, 3.63) is 12.2 Å². The van der Waals surface area contributed by atoms with Crippen molar-refractivity contribution in [2.75, 3.05) is 6.54 Å². The van der Waals surface area contributed by atoms with E-state index >= 15 is 0 Å². The molecule has 0 aromatic heterocycles. The molecule has 0 aliphatic heterocycles. The van der Waals surface area contributed by atoms with Gasteiger partial charge in [0.25, 0.3) is 0 Å². The molecule has 84 valence electrons. The SMILES string of the molecule is NC(=O)C(O)CNC(=O)CC1C=CCC1. The van der Waals surface area contributed by atoms with Crippen molar-refractivity contribution >= 4 is 11.8 Å². The van der Waals surface area contributed by atoms with Gasteiger partial charge >= 0.3 is 0 Å². The van der Waals surface area contributed by atoms with Crippen LogP contribution in [0.4, 0.5) is 0 Å². The van der Waals surface area contributed by atoms with Crippen molar-refractivity contribution in [3.63, 3.8) is 0 Å². The van der Waals surface area contributed by atoms with E-state index in [-0.39, 0.29) is 18.4 Å². The molecule has 0 saturated heterocycles. The molecule has 2 amide bonds. The topological polar surface area (TPSA) is 92.4 Å². The Bertz CT molecular complexity index is 276. The van der Waals surface area contributed by atoms with Crippen LogP contribution in [0.1, 0.15) is 19.3 Å². The second-order valence-corrected chi connectivity index (χ2v) is 3.69. The van der Waals surface area contributed by atoms with Gasteiger partial charge in [0.15, 0.2) is 0 Å². The summed E-state index contributed by atoms with van der Waals surface area (Å²) in [5.41, 5.74) is 4.83. The first kappa shape index (κ1) is 11.7. The number of hydrogen-bond acceptors (Lipinski definition) is 3. The third-order valence-electron chi connectivity index (χ3n) is 2.38. The summed E-state index contributed by atoms with van der Waals surface area (Å²) >= 11 is 0. The third-order valence-corrected chi connectivity index (χ3v) is 2.38. The summed E-state index contributed by atoms with van der Waals surface area (Å²) in [5, 5.41) is 11.5. The molecule has 15 heavy (non-hydrogen) atoms. The van der Waals surface area contributed by atoms with Gasteiger partial charge in [0.2, 0.25) is 11.8 Å². The summed E-state index contributed by atoms with van der Waals surface area (Å²) in [4.78, 5) is 21.8. The predicted octanol–water partition coefficient (Wildman–Crippen LogP) is -0.695. The number of nitrogens with one attached hydrogen (secondary N) is 1. The largest absolute Gasteiger partial charge is 0.381 e. The number of carbonyl (C=O) groups is 2. The van der Waals surface area contributed by atoms with Crippen LogP contribution in [0.2, 0.25) is 0 Å². The van der Waals surface area contributed by atoms with E-state index in [0.29, 0.717) is 6.42 Å². The molecule has 0 heterocycles. The molecular weight excluding hydrogens is 196 g/mol. The summed E-state index contributed by atoms with van der Waals surface area (Å²) in [6.07, 6.45) is 5.18. The Morgan fingerprint density at radius 2 is 2.33 bits per heavy atom. The maximum Gasteiger partial charge on any atom is 0.248 e. The van der Waals surface area contributed by atoms with E-state index in [4.69, 9.17) is 10.8 Å². The zero-order valence-electron chi connectivity index (χ0n) is 8.48. The minimum Gasteiger partial charge on any atom is -0.381 e. The van der Waals surface area contributed by atoms with E-state index < -0.39 is 12.0 Å². The van der Waals surface area contributed by atoms with Crippen LogP contribution in [0.25, 0.3) is 0 Å². The summed E-state index contributed by atoms with van der Waals surface area (Å²) in [5.74, 6) is -0.696. The first-order chi connectivity index (χ1) is 7.09. The van der Waals surface area contributed by atoms with Crippen LogP contribution < -0.4 is 11.1 Å². The third kappa shape index (κ3) is 4.12. The molecule has 0 spiro atoms. The first-order valence-electron chi connectivity index (χ1n) is 5.00. The summed E-state index contributed by atoms with van der Waals surface area (Å²) in [6.45, 7) is -0.107. The minimum atomic E-state index is -1.30. The zero-order chi connectivity index (χ0) is 11.3. The minimum absolute atomic E-state index is 0.107. The maximum absolute atomic E-state index is 11.3. The van der Waals surface area contributed by atoms with Crippen LogP contribution >= 0.6 is 0 Å². The molecule has 5 heteroatoms. The second-order valence-electron chi connectivity index (χ2n) is 3.69. The van der Waals surface area contributed by atoms with Gasteiger partial charge in [-0.25, -0.2) is 0 Å². The molecule has 0 aromatic carbocycles. The zero-order valence-corrected chi connectivity index (χ0v) is 8.48. The molecule has 1 aliphatic rings. The lowest BCUT2D eigenvalue weighted by Gasteiger charge is -2.10. The van der Waals surface area contributed by atoms with E-state index in [1.807, 2.05) is 6.08 Å². The van der Waals surface area contributed by atoms with Gasteiger partial charge in [0.1, 0.15) is 6.10 Å². The molecule has 2 atom stereocenters. The lowest BCUT2D eigenvalue weighted by molar-refractivity contribution is -0.127. The molecule has 0 bridgehead atoms. The van der Waals surface area contributed by atoms with E-state index in [0.717, 1.165) is 12.8 Å². The Kier molecular flexibility index (Phi) is 4.30. The number of hydrogen-bond donors (Lipinski definition) is 3. The molecule has 5 nitrogen and oxygen atoms in total. The first-order valence-corrected chi connectivity index (χ1v) is 5.00. The molecule has 1 aliphatic carbocycles. The van der Waals surface area contributed by atoms with Crippen molar-refractivity contribution in [3.8, 4) is 0 Å². The van der Waals surface area contributed by atoms with Gasteiger partial charge in [-0.3, -0.25) is 9.59 Å². The standard InChI is InChI=1S/C10H16N2O3/c11-10(15)8(13)6-12-9(14)5-7-3-1-2-4-7/h1,3,7-8,13H,2,4-6H2,(H2,11,15)(H,12,14). The summed E-state index contributed by atoms with van der Waals surface area (Å²) in [6, 6.07) is 0. The van der Waals surface area contributed by atoms with Gasteiger partial charge in [0.05, 0.1) is 6.54 Å². The van der Waals surface area contributed by atoms with Crippen LogP contribution in [-0.4, -0.2) is 29.6 Å². The number of amides is 2. The maximum atomic E-state index is 11.3. The van der Waals surface area contributed by atoms with Crippen molar-refractivity contribution in [2.24, 2.45) is 11.7 Å². The Morgan fingerprint density at radius 3 is 2.87 bits per heavy atom. The fraction of sp³-hybridized carbons (Fsp3) is 0.600. The number of aliphatic hydroxyl groups is 1. The second kappa shape index (κ2) is 5.50. The smallest absolute Gasteiger partial charge is 0.248 e. The van der Waals surface area contributed by atoms with Gasteiger partial charge in [-0.1, -0.05) is 12.2 Å². The van der Waals surface area contributed by atoms with Gasteiger partial charge in [-0.2, -0.15) is 0 Å². The predicted molar refractivity (Wildman–Crippen MR) is 54.7 cm³/mol. The molecule has 0 saturated carbocycles. The summed E-state index contributed by atoms with van der Waals surface area (Å²) in [7, 11) is 0. The fourth-order valence-electron chi connectivity index (χ4n) is 1.49. The average molecular weight is 212 g/mol. The quantitative estimate of drug-likeness (QED) is 0.526. The van der Waals surface area contributed by atoms with E-state index in [1.54, 1.807) is 0 Å². The lowest BCUT2D eigenvalue weighted by atomic mass is 10.1. The molecule has 1 rings (SSSR count). The number of allylic oxidation sites excluding steroid dienone is 2. The normalized spacial score (nSPS) is 21.3. The molecule has 0 radical (unpaired) electrons. The number of primary amides is 1. The highest BCUT2D eigenvalue weighted by Gasteiger charge is 2.16. The highest BCUT2D eigenvalue weighted by Crippen LogP contribution is 2.19. The Labute approximate surface area is 88.3 Å². The highest BCUT2D eigenvalue weighted by atomic mass is 16.3. The molecule has 0 aromatic rings. The van der Waals surface area contributed by atoms with Crippen LogP contribution in [0.3, 0.4) is 0 Å². The van der Waals surface area contributed by atoms with Crippen molar-refractivity contribution in [2.45, 2.75) is 25.4 Å². The summed E-state index contributed by atoms with van der Waals surface area (Å²) < 4.78 is 0. The molecule has 4 N–H and O–H groups in total. The lowest BCUT2D eigenvalue weighted by Crippen LogP contribution is -2.40. The molecule has 0 fully saturated rings. The Morgan fingerprint density at radius 1 is 1.60 bits per heavy atom.